The van der Waals surface area contributed by atoms with Crippen molar-refractivity contribution in [3.63, 3.8) is 0 Å². The van der Waals surface area contributed by atoms with E-state index in [4.69, 9.17) is 4.84 Å². The maximum absolute atomic E-state index is 13.6. The number of rotatable bonds is 5. The van der Waals surface area contributed by atoms with Gasteiger partial charge in [-0.25, -0.2) is 8.42 Å². The molecule has 0 bridgehead atoms. The second kappa shape index (κ2) is 9.03. The summed E-state index contributed by atoms with van der Waals surface area (Å²) in [6.45, 7) is 1.70. The Kier molecular flexibility index (Phi) is 6.35. The lowest BCUT2D eigenvalue weighted by Gasteiger charge is -2.23. The van der Waals surface area contributed by atoms with E-state index in [0.29, 0.717) is 41.7 Å². The van der Waals surface area contributed by atoms with Crippen molar-refractivity contribution in [3.05, 3.63) is 69.6 Å². The highest BCUT2D eigenvalue weighted by molar-refractivity contribution is 8.03. The van der Waals surface area contributed by atoms with Gasteiger partial charge in [-0.3, -0.25) is 9.59 Å². The number of fused-ring (bicyclic) bond motifs is 1. The molecular formula is C24H23NO5S2. The fourth-order valence-electron chi connectivity index (χ4n) is 4.15. The van der Waals surface area contributed by atoms with Crippen LogP contribution in [0.1, 0.15) is 47.2 Å². The minimum atomic E-state index is -3.48. The van der Waals surface area contributed by atoms with Crippen molar-refractivity contribution < 1.29 is 22.8 Å². The van der Waals surface area contributed by atoms with E-state index in [-0.39, 0.29) is 34.2 Å². The molecule has 0 aromatic heterocycles. The second-order valence-corrected chi connectivity index (χ2v) is 11.0. The average molecular weight is 470 g/mol. The molecule has 0 atom stereocenters. The number of hydrogen-bond donors (Lipinski definition) is 0. The number of Topliss-reactive ketones (excluding diaryl/α,β-unsaturated/α-hetero) is 2. The summed E-state index contributed by atoms with van der Waals surface area (Å²) in [6, 6.07) is 12.6. The molecular weight excluding hydrogens is 446 g/mol. The number of carbonyl (C=O) groups is 2. The van der Waals surface area contributed by atoms with Gasteiger partial charge >= 0.3 is 0 Å². The maximum atomic E-state index is 13.6. The molecule has 32 heavy (non-hydrogen) atoms. The van der Waals surface area contributed by atoms with Crippen molar-refractivity contribution in [1.82, 2.24) is 0 Å². The predicted octanol–water partition coefficient (Wildman–Crippen LogP) is 4.51. The van der Waals surface area contributed by atoms with E-state index in [1.54, 1.807) is 6.92 Å². The third kappa shape index (κ3) is 4.17. The summed E-state index contributed by atoms with van der Waals surface area (Å²) in [6.07, 6.45) is 1.89. The Morgan fingerprint density at radius 1 is 1.06 bits per heavy atom. The van der Waals surface area contributed by atoms with Crippen LogP contribution >= 0.6 is 11.8 Å². The SMILES string of the molecule is CO/N=C1\CCS(=O)(=O)c2ccc(C(=O)C3=C(Sc4ccccc4)CCCC3=O)c(C)c21. The van der Waals surface area contributed by atoms with Crippen molar-refractivity contribution in [2.75, 3.05) is 12.9 Å². The third-order valence-corrected chi connectivity index (χ3v) is 8.60. The summed E-state index contributed by atoms with van der Waals surface area (Å²) in [5.74, 6) is -0.598. The van der Waals surface area contributed by atoms with Gasteiger partial charge in [0.25, 0.3) is 0 Å². The van der Waals surface area contributed by atoms with Gasteiger partial charge in [-0.1, -0.05) is 35.1 Å². The van der Waals surface area contributed by atoms with Crippen molar-refractivity contribution in [1.29, 1.82) is 0 Å². The molecule has 0 saturated carbocycles. The molecule has 4 rings (SSSR count). The van der Waals surface area contributed by atoms with Gasteiger partial charge in [-0.05, 0) is 49.6 Å². The van der Waals surface area contributed by atoms with Crippen molar-refractivity contribution >= 4 is 38.9 Å². The molecule has 0 spiro atoms. The van der Waals surface area contributed by atoms with Crippen molar-refractivity contribution in [3.8, 4) is 0 Å². The van der Waals surface area contributed by atoms with E-state index in [9.17, 15) is 18.0 Å². The molecule has 1 heterocycles. The highest BCUT2D eigenvalue weighted by Crippen LogP contribution is 2.38. The van der Waals surface area contributed by atoms with Gasteiger partial charge < -0.3 is 4.84 Å². The number of nitrogens with zero attached hydrogens (tertiary/aromatic N) is 1. The smallest absolute Gasteiger partial charge is 0.197 e. The summed E-state index contributed by atoms with van der Waals surface area (Å²) in [5, 5.41) is 4.01. The monoisotopic (exact) mass is 469 g/mol. The molecule has 1 aliphatic carbocycles. The minimum Gasteiger partial charge on any atom is -0.399 e. The Hall–Kier alpha value is -2.71. The van der Waals surface area contributed by atoms with Crippen LogP contribution in [0.4, 0.5) is 0 Å². The Bertz CT molecular complexity index is 1260. The van der Waals surface area contributed by atoms with Gasteiger partial charge in [0.2, 0.25) is 0 Å². The molecule has 8 heteroatoms. The first-order chi connectivity index (χ1) is 15.3. The molecule has 2 aliphatic rings. The average Bonchev–Trinajstić information content (AvgIpc) is 2.76. The van der Waals surface area contributed by atoms with E-state index in [1.165, 1.54) is 31.0 Å². The number of carbonyl (C=O) groups excluding carboxylic acids is 2. The molecule has 166 valence electrons. The Morgan fingerprint density at radius 2 is 1.81 bits per heavy atom. The molecule has 0 saturated heterocycles. The minimum absolute atomic E-state index is 0.0591. The largest absolute Gasteiger partial charge is 0.399 e. The number of sulfone groups is 1. The highest BCUT2D eigenvalue weighted by atomic mass is 32.2. The van der Waals surface area contributed by atoms with E-state index < -0.39 is 9.84 Å². The van der Waals surface area contributed by atoms with Gasteiger partial charge in [-0.15, -0.1) is 0 Å². The lowest BCUT2D eigenvalue weighted by atomic mass is 9.88. The van der Waals surface area contributed by atoms with E-state index in [0.717, 1.165) is 9.80 Å². The van der Waals surface area contributed by atoms with Crippen LogP contribution in [0.5, 0.6) is 0 Å². The molecule has 6 nitrogen and oxygen atoms in total. The topological polar surface area (TPSA) is 89.9 Å². The first-order valence-electron chi connectivity index (χ1n) is 10.3. The zero-order chi connectivity index (χ0) is 22.9. The summed E-state index contributed by atoms with van der Waals surface area (Å²) in [4.78, 5) is 33.3. The summed E-state index contributed by atoms with van der Waals surface area (Å²) < 4.78 is 25.2. The molecule has 0 unspecified atom stereocenters. The summed E-state index contributed by atoms with van der Waals surface area (Å²) in [7, 11) is -2.07. The van der Waals surface area contributed by atoms with Crippen LogP contribution in [0.15, 0.2) is 67.9 Å². The summed E-state index contributed by atoms with van der Waals surface area (Å²) in [5.41, 5.74) is 1.93. The number of benzene rings is 2. The van der Waals surface area contributed by atoms with Crippen molar-refractivity contribution in [2.45, 2.75) is 42.4 Å². The molecule has 0 amide bonds. The Balaban J connectivity index is 1.84. The van der Waals surface area contributed by atoms with Crippen LogP contribution in [0.2, 0.25) is 0 Å². The lowest BCUT2D eigenvalue weighted by Crippen LogP contribution is -2.25. The van der Waals surface area contributed by atoms with Crippen LogP contribution < -0.4 is 0 Å². The van der Waals surface area contributed by atoms with E-state index in [2.05, 4.69) is 5.16 Å². The zero-order valence-electron chi connectivity index (χ0n) is 17.9. The Morgan fingerprint density at radius 3 is 2.53 bits per heavy atom. The van der Waals surface area contributed by atoms with Crippen LogP contribution in [-0.4, -0.2) is 38.6 Å². The quantitative estimate of drug-likeness (QED) is 0.364. The number of allylic oxidation sites excluding steroid dienone is 2. The summed E-state index contributed by atoms with van der Waals surface area (Å²) >= 11 is 1.44. The molecule has 0 radical (unpaired) electrons. The van der Waals surface area contributed by atoms with Gasteiger partial charge in [0.1, 0.15) is 7.11 Å². The van der Waals surface area contributed by atoms with Gasteiger partial charge in [0.05, 0.1) is 21.9 Å². The number of thioether (sulfide) groups is 1. The van der Waals surface area contributed by atoms with Crippen molar-refractivity contribution in [2.24, 2.45) is 5.16 Å². The first-order valence-corrected chi connectivity index (χ1v) is 12.8. The normalized spacial score (nSPS) is 19.1. The van der Waals surface area contributed by atoms with Gasteiger partial charge in [-0.2, -0.15) is 0 Å². The molecule has 2 aromatic carbocycles. The zero-order valence-corrected chi connectivity index (χ0v) is 19.5. The third-order valence-electron chi connectivity index (χ3n) is 5.68. The fourth-order valence-corrected chi connectivity index (χ4v) is 6.83. The van der Waals surface area contributed by atoms with E-state index in [1.807, 2.05) is 30.3 Å². The predicted molar refractivity (Wildman–Crippen MR) is 124 cm³/mol. The fraction of sp³-hybridized carbons (Fsp3) is 0.292. The van der Waals surface area contributed by atoms with Crippen LogP contribution in [0.25, 0.3) is 0 Å². The van der Waals surface area contributed by atoms with Gasteiger partial charge in [0.15, 0.2) is 21.4 Å². The number of ketones is 2. The molecule has 0 N–H and O–H groups in total. The molecule has 0 fully saturated rings. The van der Waals surface area contributed by atoms with Crippen LogP contribution in [0, 0.1) is 6.92 Å². The van der Waals surface area contributed by atoms with E-state index >= 15 is 0 Å². The standard InChI is InChI=1S/C24H23NO5S2/c1-15-17(11-12-21-22(15)18(25-30-2)13-14-32(21,28)29)24(27)23-19(26)9-6-10-20(23)31-16-7-4-3-5-8-16/h3-5,7-8,11-12H,6,9-10,13-14H2,1-2H3/b25-18+. The highest BCUT2D eigenvalue weighted by Gasteiger charge is 2.34. The van der Waals surface area contributed by atoms with Gasteiger partial charge in [0, 0.05) is 33.8 Å². The Labute approximate surface area is 191 Å². The maximum Gasteiger partial charge on any atom is 0.197 e. The second-order valence-electron chi connectivity index (χ2n) is 7.72. The number of hydrogen-bond acceptors (Lipinski definition) is 7. The van der Waals surface area contributed by atoms with Crippen LogP contribution in [-0.2, 0) is 19.5 Å². The molecule has 2 aromatic rings. The lowest BCUT2D eigenvalue weighted by molar-refractivity contribution is -0.115. The first kappa shape index (κ1) is 22.5. The molecule has 1 aliphatic heterocycles. The van der Waals surface area contributed by atoms with Crippen LogP contribution in [0.3, 0.4) is 0 Å². The number of oxime groups is 1.